The lowest BCUT2D eigenvalue weighted by Gasteiger charge is -1.99. The first-order valence-electron chi connectivity index (χ1n) is 7.01. The second-order valence-electron chi connectivity index (χ2n) is 4.72. The number of rotatable bonds is 7. The number of allylic oxidation sites excluding steroid dienone is 1. The van der Waals surface area contributed by atoms with Gasteiger partial charge in [-0.2, -0.15) is 0 Å². The van der Waals surface area contributed by atoms with Crippen LogP contribution in [0.2, 0.25) is 0 Å². The number of nitrogens with zero attached hydrogens (tertiary/aromatic N) is 1. The molecule has 0 atom stereocenters. The molecular formula is C18H19NO. The number of hydrogen-bond donors (Lipinski definition) is 0. The van der Waals surface area contributed by atoms with E-state index < -0.39 is 0 Å². The van der Waals surface area contributed by atoms with Crippen molar-refractivity contribution < 1.29 is 4.79 Å². The van der Waals surface area contributed by atoms with E-state index in [0.29, 0.717) is 6.42 Å². The molecule has 0 saturated heterocycles. The summed E-state index contributed by atoms with van der Waals surface area (Å²) in [7, 11) is 0. The van der Waals surface area contributed by atoms with Gasteiger partial charge in [0.2, 0.25) is 0 Å². The van der Waals surface area contributed by atoms with Gasteiger partial charge in [-0.25, -0.2) is 0 Å². The Balaban J connectivity index is 1.65. The quantitative estimate of drug-likeness (QED) is 0.543. The van der Waals surface area contributed by atoms with Crippen LogP contribution in [0.5, 0.6) is 0 Å². The smallest absolute Gasteiger partial charge is 0.162 e. The van der Waals surface area contributed by atoms with E-state index in [1.54, 1.807) is 12.4 Å². The third-order valence-electron chi connectivity index (χ3n) is 3.14. The lowest BCUT2D eigenvalue weighted by atomic mass is 10.0. The zero-order valence-electron chi connectivity index (χ0n) is 11.5. The van der Waals surface area contributed by atoms with Crippen LogP contribution < -0.4 is 0 Å². The van der Waals surface area contributed by atoms with Gasteiger partial charge in [-0.15, -0.1) is 0 Å². The molecule has 20 heavy (non-hydrogen) atoms. The second-order valence-corrected chi connectivity index (χ2v) is 4.72. The topological polar surface area (TPSA) is 30.0 Å². The van der Waals surface area contributed by atoms with Gasteiger partial charge in [0.05, 0.1) is 0 Å². The minimum atomic E-state index is 0.240. The van der Waals surface area contributed by atoms with Crippen molar-refractivity contribution in [2.45, 2.75) is 25.7 Å². The average Bonchev–Trinajstić information content (AvgIpc) is 2.52. The summed E-state index contributed by atoms with van der Waals surface area (Å²) in [4.78, 5) is 15.9. The summed E-state index contributed by atoms with van der Waals surface area (Å²) in [6, 6.07) is 13.5. The van der Waals surface area contributed by atoms with Crippen molar-refractivity contribution in [2.75, 3.05) is 0 Å². The summed E-state index contributed by atoms with van der Waals surface area (Å²) in [6.07, 6.45) is 11.4. The Hall–Kier alpha value is -2.22. The minimum absolute atomic E-state index is 0.240. The van der Waals surface area contributed by atoms with Gasteiger partial charge in [0, 0.05) is 24.4 Å². The summed E-state index contributed by atoms with van der Waals surface area (Å²) in [5, 5.41) is 0. The maximum absolute atomic E-state index is 11.9. The predicted molar refractivity (Wildman–Crippen MR) is 82.5 cm³/mol. The molecule has 1 aromatic carbocycles. The van der Waals surface area contributed by atoms with Crippen LogP contribution >= 0.6 is 0 Å². The summed E-state index contributed by atoms with van der Waals surface area (Å²) in [5.74, 6) is 0.240. The SMILES string of the molecule is O=C(CCCC/C=C\c1ccncc1)c1ccccc1. The fourth-order valence-corrected chi connectivity index (χ4v) is 2.01. The van der Waals surface area contributed by atoms with Crippen LogP contribution in [0.1, 0.15) is 41.6 Å². The molecule has 0 aliphatic rings. The zero-order chi connectivity index (χ0) is 14.0. The predicted octanol–water partition coefficient (Wildman–Crippen LogP) is 4.54. The summed E-state index contributed by atoms with van der Waals surface area (Å²) >= 11 is 0. The molecule has 0 amide bonds. The molecule has 0 N–H and O–H groups in total. The number of ketones is 1. The lowest BCUT2D eigenvalue weighted by Crippen LogP contribution is -1.97. The molecule has 1 heterocycles. The van der Waals surface area contributed by atoms with E-state index >= 15 is 0 Å². The van der Waals surface area contributed by atoms with Crippen LogP contribution in [0.15, 0.2) is 60.9 Å². The molecule has 0 spiro atoms. The summed E-state index contributed by atoms with van der Waals surface area (Å²) < 4.78 is 0. The molecule has 2 aromatic rings. The Morgan fingerprint density at radius 2 is 1.75 bits per heavy atom. The molecule has 2 rings (SSSR count). The number of aromatic nitrogens is 1. The van der Waals surface area contributed by atoms with Crippen molar-refractivity contribution >= 4 is 11.9 Å². The maximum atomic E-state index is 11.9. The molecule has 102 valence electrons. The molecule has 2 heteroatoms. The van der Waals surface area contributed by atoms with E-state index in [2.05, 4.69) is 17.1 Å². The Morgan fingerprint density at radius 1 is 1.00 bits per heavy atom. The first-order chi connectivity index (χ1) is 9.86. The van der Waals surface area contributed by atoms with E-state index in [1.165, 1.54) is 5.56 Å². The summed E-state index contributed by atoms with van der Waals surface area (Å²) in [6.45, 7) is 0. The van der Waals surface area contributed by atoms with E-state index in [-0.39, 0.29) is 5.78 Å². The maximum Gasteiger partial charge on any atom is 0.162 e. The molecular weight excluding hydrogens is 246 g/mol. The molecule has 0 aliphatic heterocycles. The number of Topliss-reactive ketones (excluding diaryl/α,β-unsaturated/α-hetero) is 1. The highest BCUT2D eigenvalue weighted by molar-refractivity contribution is 5.95. The van der Waals surface area contributed by atoms with Crippen LogP contribution in [0.4, 0.5) is 0 Å². The van der Waals surface area contributed by atoms with Crippen LogP contribution in [-0.2, 0) is 0 Å². The summed E-state index contributed by atoms with van der Waals surface area (Å²) in [5.41, 5.74) is 1.99. The largest absolute Gasteiger partial charge is 0.294 e. The van der Waals surface area contributed by atoms with Gasteiger partial charge in [0.1, 0.15) is 0 Å². The van der Waals surface area contributed by atoms with Crippen molar-refractivity contribution in [1.29, 1.82) is 0 Å². The van der Waals surface area contributed by atoms with Crippen molar-refractivity contribution in [2.24, 2.45) is 0 Å². The standard InChI is InChI=1S/C18H19NO/c20-18(17-9-5-3-6-10-17)11-7-2-1-4-8-16-12-14-19-15-13-16/h3-6,8-10,12-15H,1-2,7,11H2/b8-4-. The Kier molecular flexibility index (Phi) is 5.71. The Bertz CT molecular complexity index is 546. The molecule has 1 aromatic heterocycles. The number of carbonyl (C=O) groups is 1. The fraction of sp³-hybridized carbons (Fsp3) is 0.222. The van der Waals surface area contributed by atoms with E-state index in [4.69, 9.17) is 0 Å². The van der Waals surface area contributed by atoms with Gasteiger partial charge in [0.25, 0.3) is 0 Å². The minimum Gasteiger partial charge on any atom is -0.294 e. The third kappa shape index (κ3) is 4.81. The van der Waals surface area contributed by atoms with Gasteiger partial charge >= 0.3 is 0 Å². The van der Waals surface area contributed by atoms with E-state index in [1.807, 2.05) is 42.5 Å². The molecule has 0 bridgehead atoms. The fourth-order valence-electron chi connectivity index (χ4n) is 2.01. The zero-order valence-corrected chi connectivity index (χ0v) is 11.5. The van der Waals surface area contributed by atoms with Crippen LogP contribution in [0.25, 0.3) is 6.08 Å². The number of carbonyl (C=O) groups excluding carboxylic acids is 1. The van der Waals surface area contributed by atoms with Gasteiger partial charge < -0.3 is 0 Å². The van der Waals surface area contributed by atoms with Gasteiger partial charge in [-0.1, -0.05) is 42.5 Å². The monoisotopic (exact) mass is 265 g/mol. The first kappa shape index (κ1) is 14.2. The van der Waals surface area contributed by atoms with Gasteiger partial charge in [0.15, 0.2) is 5.78 Å². The lowest BCUT2D eigenvalue weighted by molar-refractivity contribution is 0.0979. The molecule has 0 saturated carbocycles. The second kappa shape index (κ2) is 8.05. The number of benzene rings is 1. The normalized spacial score (nSPS) is 10.8. The Labute approximate surface area is 120 Å². The van der Waals surface area contributed by atoms with Crippen LogP contribution in [-0.4, -0.2) is 10.8 Å². The molecule has 2 nitrogen and oxygen atoms in total. The average molecular weight is 265 g/mol. The Morgan fingerprint density at radius 3 is 2.50 bits per heavy atom. The third-order valence-corrected chi connectivity index (χ3v) is 3.14. The highest BCUT2D eigenvalue weighted by Crippen LogP contribution is 2.09. The van der Waals surface area contributed by atoms with Crippen LogP contribution in [0.3, 0.4) is 0 Å². The first-order valence-corrected chi connectivity index (χ1v) is 7.01. The van der Waals surface area contributed by atoms with E-state index in [9.17, 15) is 4.79 Å². The van der Waals surface area contributed by atoms with E-state index in [0.717, 1.165) is 24.8 Å². The number of hydrogen-bond acceptors (Lipinski definition) is 2. The molecule has 0 fully saturated rings. The highest BCUT2D eigenvalue weighted by atomic mass is 16.1. The van der Waals surface area contributed by atoms with Gasteiger partial charge in [-0.3, -0.25) is 9.78 Å². The molecule has 0 radical (unpaired) electrons. The highest BCUT2D eigenvalue weighted by Gasteiger charge is 2.03. The number of pyridine rings is 1. The number of unbranched alkanes of at least 4 members (excludes halogenated alkanes) is 2. The van der Waals surface area contributed by atoms with Crippen molar-refractivity contribution in [1.82, 2.24) is 4.98 Å². The van der Waals surface area contributed by atoms with Gasteiger partial charge in [-0.05, 0) is 37.0 Å². The van der Waals surface area contributed by atoms with Crippen molar-refractivity contribution in [3.05, 3.63) is 72.1 Å². The van der Waals surface area contributed by atoms with Crippen molar-refractivity contribution in [3.63, 3.8) is 0 Å². The van der Waals surface area contributed by atoms with Crippen molar-refractivity contribution in [3.8, 4) is 0 Å². The molecule has 0 aliphatic carbocycles. The van der Waals surface area contributed by atoms with Crippen LogP contribution in [0, 0.1) is 0 Å². The molecule has 0 unspecified atom stereocenters.